The first-order valence-corrected chi connectivity index (χ1v) is 9.38. The molecule has 2 aromatic carbocycles. The van der Waals surface area contributed by atoms with Crippen molar-refractivity contribution in [1.82, 2.24) is 0 Å². The van der Waals surface area contributed by atoms with E-state index in [0.29, 0.717) is 34.2 Å². The summed E-state index contributed by atoms with van der Waals surface area (Å²) < 4.78 is 10.8. The highest BCUT2D eigenvalue weighted by atomic mass is 35.5. The van der Waals surface area contributed by atoms with Gasteiger partial charge in [0.1, 0.15) is 11.3 Å². The Balaban J connectivity index is 1.63. The molecular formula is C22H20ClNO4. The van der Waals surface area contributed by atoms with Gasteiger partial charge in [-0.15, -0.1) is 0 Å². The number of halogens is 1. The maximum Gasteiger partial charge on any atom is 0.338 e. The van der Waals surface area contributed by atoms with Crippen LogP contribution in [0, 0.1) is 0 Å². The lowest BCUT2D eigenvalue weighted by Crippen LogP contribution is -2.10. The smallest absolute Gasteiger partial charge is 0.338 e. The zero-order valence-corrected chi connectivity index (χ0v) is 16.2. The summed E-state index contributed by atoms with van der Waals surface area (Å²) in [4.78, 5) is 24.2. The van der Waals surface area contributed by atoms with Crippen LogP contribution in [0.5, 0.6) is 0 Å². The van der Waals surface area contributed by atoms with Gasteiger partial charge in [0.2, 0.25) is 5.91 Å². The lowest BCUT2D eigenvalue weighted by molar-refractivity contribution is -0.111. The molecule has 6 heteroatoms. The van der Waals surface area contributed by atoms with Crippen LogP contribution in [0.3, 0.4) is 0 Å². The van der Waals surface area contributed by atoms with E-state index in [0.717, 1.165) is 18.2 Å². The summed E-state index contributed by atoms with van der Waals surface area (Å²) in [6, 6.07) is 13.8. The fourth-order valence-electron chi connectivity index (χ4n) is 2.58. The average Bonchev–Trinajstić information content (AvgIpc) is 3.08. The number of ether oxygens (including phenoxy) is 1. The molecule has 0 aliphatic heterocycles. The van der Waals surface area contributed by atoms with Crippen LogP contribution in [0.1, 0.15) is 35.9 Å². The summed E-state index contributed by atoms with van der Waals surface area (Å²) >= 11 is 5.96. The first kappa shape index (κ1) is 19.7. The van der Waals surface area contributed by atoms with E-state index in [1.165, 1.54) is 6.08 Å². The van der Waals surface area contributed by atoms with Crippen LogP contribution < -0.4 is 5.32 Å². The van der Waals surface area contributed by atoms with Crippen LogP contribution in [-0.4, -0.2) is 18.5 Å². The maximum absolute atomic E-state index is 12.2. The molecule has 0 bridgehead atoms. The van der Waals surface area contributed by atoms with Gasteiger partial charge in [-0.3, -0.25) is 4.79 Å². The fourth-order valence-corrected chi connectivity index (χ4v) is 2.76. The SMILES string of the molecule is CCCCOC(=O)c1cccc(NC(=O)C=Cc2cc3cc(Cl)ccc3o2)c1. The molecule has 1 aromatic heterocycles. The minimum Gasteiger partial charge on any atom is -0.462 e. The Morgan fingerprint density at radius 1 is 1.18 bits per heavy atom. The molecule has 0 aliphatic carbocycles. The summed E-state index contributed by atoms with van der Waals surface area (Å²) in [6.07, 6.45) is 4.71. The monoisotopic (exact) mass is 397 g/mol. The molecule has 3 rings (SSSR count). The minimum absolute atomic E-state index is 0.338. The summed E-state index contributed by atoms with van der Waals surface area (Å²) in [5, 5.41) is 4.20. The van der Waals surface area contributed by atoms with Crippen LogP contribution in [0.25, 0.3) is 17.0 Å². The standard InChI is InChI=1S/C22H20ClNO4/c1-2-3-11-27-22(26)15-5-4-6-18(13-15)24-21(25)10-8-19-14-16-12-17(23)7-9-20(16)28-19/h4-10,12-14H,2-3,11H2,1H3,(H,24,25). The summed E-state index contributed by atoms with van der Waals surface area (Å²) in [6.45, 7) is 2.41. The number of rotatable bonds is 7. The van der Waals surface area contributed by atoms with Gasteiger partial charge in [-0.1, -0.05) is 31.0 Å². The number of carbonyl (C=O) groups is 2. The number of carbonyl (C=O) groups excluding carboxylic acids is 2. The quantitative estimate of drug-likeness (QED) is 0.315. The third kappa shape index (κ3) is 5.24. The molecule has 0 spiro atoms. The van der Waals surface area contributed by atoms with Gasteiger partial charge in [0.05, 0.1) is 12.2 Å². The number of anilines is 1. The average molecular weight is 398 g/mol. The second kappa shape index (κ2) is 9.24. The fraction of sp³-hybridized carbons (Fsp3) is 0.182. The van der Waals surface area contributed by atoms with Crippen molar-refractivity contribution >= 4 is 46.2 Å². The molecule has 0 radical (unpaired) electrons. The van der Waals surface area contributed by atoms with Crippen molar-refractivity contribution in [1.29, 1.82) is 0 Å². The van der Waals surface area contributed by atoms with Crippen molar-refractivity contribution in [3.05, 3.63) is 71.0 Å². The van der Waals surface area contributed by atoms with Crippen LogP contribution in [0.15, 0.2) is 59.0 Å². The van der Waals surface area contributed by atoms with E-state index in [1.54, 1.807) is 54.6 Å². The van der Waals surface area contributed by atoms with Gasteiger partial charge in [-0.2, -0.15) is 0 Å². The number of esters is 1. The molecule has 0 unspecified atom stereocenters. The number of fused-ring (bicyclic) bond motifs is 1. The van der Waals surface area contributed by atoms with Crippen molar-refractivity contribution in [2.24, 2.45) is 0 Å². The summed E-state index contributed by atoms with van der Waals surface area (Å²) in [5.41, 5.74) is 1.60. The van der Waals surface area contributed by atoms with Crippen LogP contribution in [0.4, 0.5) is 5.69 Å². The normalized spacial score (nSPS) is 11.1. The Bertz CT molecular complexity index is 1020. The minimum atomic E-state index is -0.402. The number of furan rings is 1. The lowest BCUT2D eigenvalue weighted by atomic mass is 10.2. The zero-order chi connectivity index (χ0) is 19.9. The third-order valence-electron chi connectivity index (χ3n) is 3.99. The Morgan fingerprint density at radius 3 is 2.86 bits per heavy atom. The number of hydrogen-bond donors (Lipinski definition) is 1. The number of hydrogen-bond acceptors (Lipinski definition) is 4. The molecule has 0 fully saturated rings. The lowest BCUT2D eigenvalue weighted by Gasteiger charge is -2.06. The second-order valence-corrected chi connectivity index (χ2v) is 6.66. The van der Waals surface area contributed by atoms with Crippen molar-refractivity contribution in [3.8, 4) is 0 Å². The molecule has 1 heterocycles. The summed E-state index contributed by atoms with van der Waals surface area (Å²) in [5.74, 6) is -0.198. The second-order valence-electron chi connectivity index (χ2n) is 6.22. The van der Waals surface area contributed by atoms with Crippen LogP contribution in [0.2, 0.25) is 5.02 Å². The van der Waals surface area contributed by atoms with Gasteiger partial charge in [-0.05, 0) is 55.0 Å². The van der Waals surface area contributed by atoms with Crippen molar-refractivity contribution in [3.63, 3.8) is 0 Å². The van der Waals surface area contributed by atoms with Gasteiger partial charge in [0, 0.05) is 22.2 Å². The molecule has 1 N–H and O–H groups in total. The molecule has 0 atom stereocenters. The summed E-state index contributed by atoms with van der Waals surface area (Å²) in [7, 11) is 0. The highest BCUT2D eigenvalue weighted by Crippen LogP contribution is 2.23. The first-order valence-electron chi connectivity index (χ1n) is 9.00. The van der Waals surface area contributed by atoms with Crippen LogP contribution >= 0.6 is 11.6 Å². The van der Waals surface area contributed by atoms with E-state index < -0.39 is 5.97 Å². The van der Waals surface area contributed by atoms with Crippen molar-refractivity contribution in [2.45, 2.75) is 19.8 Å². The maximum atomic E-state index is 12.2. The Kier molecular flexibility index (Phi) is 6.50. The third-order valence-corrected chi connectivity index (χ3v) is 4.23. The number of unbranched alkanes of at least 4 members (excludes halogenated alkanes) is 1. The number of nitrogens with one attached hydrogen (secondary N) is 1. The van der Waals surface area contributed by atoms with Crippen molar-refractivity contribution in [2.75, 3.05) is 11.9 Å². The molecule has 0 aliphatic rings. The van der Waals surface area contributed by atoms with E-state index in [4.69, 9.17) is 20.8 Å². The topological polar surface area (TPSA) is 68.5 Å². The van der Waals surface area contributed by atoms with E-state index in [2.05, 4.69) is 5.32 Å². The largest absolute Gasteiger partial charge is 0.462 e. The van der Waals surface area contributed by atoms with Crippen LogP contribution in [-0.2, 0) is 9.53 Å². The molecule has 3 aromatic rings. The van der Waals surface area contributed by atoms with E-state index in [-0.39, 0.29) is 5.91 Å². The van der Waals surface area contributed by atoms with E-state index in [1.807, 2.05) is 6.92 Å². The van der Waals surface area contributed by atoms with Gasteiger partial charge >= 0.3 is 5.97 Å². The molecular weight excluding hydrogens is 378 g/mol. The van der Waals surface area contributed by atoms with Gasteiger partial charge in [-0.25, -0.2) is 4.79 Å². The molecule has 0 saturated heterocycles. The predicted octanol–water partition coefficient (Wildman–Crippen LogP) is 5.70. The number of amides is 1. The predicted molar refractivity (Wildman–Crippen MR) is 111 cm³/mol. The van der Waals surface area contributed by atoms with Gasteiger partial charge in [0.15, 0.2) is 0 Å². The Labute approximate surface area is 167 Å². The van der Waals surface area contributed by atoms with E-state index in [9.17, 15) is 9.59 Å². The zero-order valence-electron chi connectivity index (χ0n) is 15.4. The highest BCUT2D eigenvalue weighted by molar-refractivity contribution is 6.31. The first-order chi connectivity index (χ1) is 13.5. The highest BCUT2D eigenvalue weighted by Gasteiger charge is 2.08. The molecule has 0 saturated carbocycles. The van der Waals surface area contributed by atoms with E-state index >= 15 is 0 Å². The molecule has 5 nitrogen and oxygen atoms in total. The Morgan fingerprint density at radius 2 is 2.04 bits per heavy atom. The molecule has 28 heavy (non-hydrogen) atoms. The van der Waals surface area contributed by atoms with Gasteiger partial charge < -0.3 is 14.5 Å². The van der Waals surface area contributed by atoms with Gasteiger partial charge in [0.25, 0.3) is 0 Å². The Hall–Kier alpha value is -3.05. The van der Waals surface area contributed by atoms with Crippen molar-refractivity contribution < 1.29 is 18.7 Å². The molecule has 144 valence electrons. The molecule has 1 amide bonds. The number of benzene rings is 2.